The number of benzene rings is 1. The minimum atomic E-state index is -1.17. The largest absolute Gasteiger partial charge is 0.480 e. The molecule has 0 saturated carbocycles. The number of hydrogen-bond donors (Lipinski definition) is 2. The summed E-state index contributed by atoms with van der Waals surface area (Å²) in [5.41, 5.74) is 6.34. The van der Waals surface area contributed by atoms with Crippen LogP contribution < -0.4 is 5.73 Å². The van der Waals surface area contributed by atoms with Gasteiger partial charge in [-0.1, -0.05) is 12.1 Å². The molecule has 0 amide bonds. The fourth-order valence-corrected chi connectivity index (χ4v) is 2.21. The highest BCUT2D eigenvalue weighted by Crippen LogP contribution is 2.19. The van der Waals surface area contributed by atoms with Crippen LogP contribution in [-0.4, -0.2) is 29.1 Å². The van der Waals surface area contributed by atoms with Crippen LogP contribution in [0.2, 0.25) is 0 Å². The van der Waals surface area contributed by atoms with Crippen molar-refractivity contribution >= 4 is 5.97 Å². The van der Waals surface area contributed by atoms with E-state index in [0.29, 0.717) is 17.7 Å². The quantitative estimate of drug-likeness (QED) is 0.852. The van der Waals surface area contributed by atoms with Gasteiger partial charge in [-0.3, -0.25) is 9.69 Å². The van der Waals surface area contributed by atoms with Crippen LogP contribution in [0.25, 0.3) is 0 Å². The van der Waals surface area contributed by atoms with Crippen LogP contribution >= 0.6 is 0 Å². The molecule has 0 radical (unpaired) electrons. The smallest absolute Gasteiger partial charge is 0.325 e. The normalized spacial score (nSPS) is 17.9. The van der Waals surface area contributed by atoms with E-state index >= 15 is 0 Å². The fraction of sp³-hybridized carbons (Fsp3) is 0.462. The first kappa shape index (κ1) is 13.0. The van der Waals surface area contributed by atoms with Crippen molar-refractivity contribution in [1.82, 2.24) is 4.90 Å². The summed E-state index contributed by atoms with van der Waals surface area (Å²) in [7, 11) is 0. The Morgan fingerprint density at radius 3 is 2.67 bits per heavy atom. The van der Waals surface area contributed by atoms with Gasteiger partial charge in [0.05, 0.1) is 0 Å². The number of hydrogen-bond acceptors (Lipinski definition) is 3. The summed E-state index contributed by atoms with van der Waals surface area (Å²) in [6.45, 7) is 2.57. The van der Waals surface area contributed by atoms with Gasteiger partial charge in [-0.05, 0) is 37.6 Å². The fourth-order valence-electron chi connectivity index (χ4n) is 2.21. The van der Waals surface area contributed by atoms with Gasteiger partial charge in [0, 0.05) is 12.1 Å². The molecule has 0 aromatic heterocycles. The van der Waals surface area contributed by atoms with E-state index in [1.54, 1.807) is 12.1 Å². The molecule has 18 heavy (non-hydrogen) atoms. The number of carboxylic acids is 1. The predicted octanol–water partition coefficient (Wildman–Crippen LogP) is 1.51. The maximum atomic E-state index is 13.9. The number of halogens is 1. The average molecular weight is 252 g/mol. The first-order chi connectivity index (χ1) is 8.58. The molecule has 4 nitrogen and oxygen atoms in total. The molecule has 1 aromatic carbocycles. The van der Waals surface area contributed by atoms with E-state index in [9.17, 15) is 9.18 Å². The molecular formula is C13H17FN2O2. The maximum absolute atomic E-state index is 13.9. The molecule has 1 aromatic rings. The molecule has 0 spiro atoms. The third-order valence-corrected chi connectivity index (χ3v) is 3.29. The molecule has 1 aliphatic rings. The SMILES string of the molecule is NC(C(=O)O)c1ccc(CN2CCCC2)c(F)c1. The maximum Gasteiger partial charge on any atom is 0.325 e. The number of aliphatic carboxylic acids is 1. The van der Waals surface area contributed by atoms with E-state index < -0.39 is 12.0 Å². The molecule has 1 saturated heterocycles. The predicted molar refractivity (Wildman–Crippen MR) is 65.5 cm³/mol. The van der Waals surface area contributed by atoms with Gasteiger partial charge in [-0.2, -0.15) is 0 Å². The Kier molecular flexibility index (Phi) is 3.93. The highest BCUT2D eigenvalue weighted by atomic mass is 19.1. The first-order valence-electron chi connectivity index (χ1n) is 6.07. The van der Waals surface area contributed by atoms with Gasteiger partial charge < -0.3 is 10.8 Å². The second kappa shape index (κ2) is 5.46. The van der Waals surface area contributed by atoms with Crippen molar-refractivity contribution in [2.24, 2.45) is 5.73 Å². The molecule has 5 heteroatoms. The number of nitrogens with zero attached hydrogens (tertiary/aromatic N) is 1. The monoisotopic (exact) mass is 252 g/mol. The van der Waals surface area contributed by atoms with Crippen molar-refractivity contribution in [3.05, 3.63) is 35.1 Å². The molecule has 3 N–H and O–H groups in total. The molecular weight excluding hydrogens is 235 g/mol. The Balaban J connectivity index is 2.11. The Labute approximate surface area is 105 Å². The summed E-state index contributed by atoms with van der Waals surface area (Å²) < 4.78 is 13.9. The zero-order chi connectivity index (χ0) is 13.1. The molecule has 1 fully saturated rings. The number of carboxylic acid groups (broad SMARTS) is 1. The van der Waals surface area contributed by atoms with Crippen molar-refractivity contribution in [3.8, 4) is 0 Å². The van der Waals surface area contributed by atoms with Crippen LogP contribution in [0.15, 0.2) is 18.2 Å². The van der Waals surface area contributed by atoms with Crippen molar-refractivity contribution in [2.75, 3.05) is 13.1 Å². The van der Waals surface area contributed by atoms with Crippen LogP contribution in [0.1, 0.15) is 30.0 Å². The Morgan fingerprint density at radius 2 is 2.11 bits per heavy atom. The number of likely N-dealkylation sites (tertiary alicyclic amines) is 1. The number of nitrogens with two attached hydrogens (primary N) is 1. The zero-order valence-electron chi connectivity index (χ0n) is 10.1. The molecule has 1 atom stereocenters. The van der Waals surface area contributed by atoms with E-state index in [1.165, 1.54) is 6.07 Å². The van der Waals surface area contributed by atoms with E-state index in [-0.39, 0.29) is 5.82 Å². The zero-order valence-corrected chi connectivity index (χ0v) is 10.1. The minimum absolute atomic E-state index is 0.296. The van der Waals surface area contributed by atoms with E-state index in [4.69, 9.17) is 10.8 Å². The van der Waals surface area contributed by atoms with Crippen molar-refractivity contribution in [1.29, 1.82) is 0 Å². The number of carbonyl (C=O) groups is 1. The second-order valence-electron chi connectivity index (χ2n) is 4.65. The summed E-state index contributed by atoms with van der Waals surface area (Å²) in [6.07, 6.45) is 2.31. The Hall–Kier alpha value is -1.46. The molecule has 98 valence electrons. The van der Waals surface area contributed by atoms with Crippen LogP contribution in [0.5, 0.6) is 0 Å². The van der Waals surface area contributed by atoms with Gasteiger partial charge in [0.1, 0.15) is 11.9 Å². The van der Waals surface area contributed by atoms with Crippen LogP contribution in [0.3, 0.4) is 0 Å². The molecule has 1 aliphatic heterocycles. The van der Waals surface area contributed by atoms with Gasteiger partial charge in [-0.25, -0.2) is 4.39 Å². The highest BCUT2D eigenvalue weighted by Gasteiger charge is 2.18. The summed E-state index contributed by atoms with van der Waals surface area (Å²) in [6, 6.07) is 3.28. The molecule has 0 aliphatic carbocycles. The summed E-state index contributed by atoms with van der Waals surface area (Å²) in [5, 5.41) is 8.77. The average Bonchev–Trinajstić information content (AvgIpc) is 2.83. The summed E-state index contributed by atoms with van der Waals surface area (Å²) >= 11 is 0. The van der Waals surface area contributed by atoms with Gasteiger partial charge in [0.25, 0.3) is 0 Å². The lowest BCUT2D eigenvalue weighted by Crippen LogP contribution is -2.22. The minimum Gasteiger partial charge on any atom is -0.480 e. The Morgan fingerprint density at radius 1 is 1.44 bits per heavy atom. The lowest BCUT2D eigenvalue weighted by Gasteiger charge is -2.16. The lowest BCUT2D eigenvalue weighted by atomic mass is 10.0. The van der Waals surface area contributed by atoms with Gasteiger partial charge in [-0.15, -0.1) is 0 Å². The third kappa shape index (κ3) is 2.86. The van der Waals surface area contributed by atoms with Crippen molar-refractivity contribution in [2.45, 2.75) is 25.4 Å². The highest BCUT2D eigenvalue weighted by molar-refractivity contribution is 5.75. The molecule has 2 rings (SSSR count). The molecule has 0 bridgehead atoms. The Bertz CT molecular complexity index is 445. The summed E-state index contributed by atoms with van der Waals surface area (Å²) in [5.74, 6) is -1.53. The lowest BCUT2D eigenvalue weighted by molar-refractivity contribution is -0.138. The van der Waals surface area contributed by atoms with Gasteiger partial charge >= 0.3 is 5.97 Å². The van der Waals surface area contributed by atoms with E-state index in [2.05, 4.69) is 4.90 Å². The molecule has 1 heterocycles. The summed E-state index contributed by atoms with van der Waals surface area (Å²) in [4.78, 5) is 12.9. The standard InChI is InChI=1S/C13H17FN2O2/c14-11-7-9(12(15)13(17)18)3-4-10(11)8-16-5-1-2-6-16/h3-4,7,12H,1-2,5-6,8,15H2,(H,17,18). The van der Waals surface area contributed by atoms with Crippen molar-refractivity contribution < 1.29 is 14.3 Å². The third-order valence-electron chi connectivity index (χ3n) is 3.29. The van der Waals surface area contributed by atoms with E-state index in [0.717, 1.165) is 25.9 Å². The van der Waals surface area contributed by atoms with Crippen molar-refractivity contribution in [3.63, 3.8) is 0 Å². The van der Waals surface area contributed by atoms with Crippen LogP contribution in [-0.2, 0) is 11.3 Å². The van der Waals surface area contributed by atoms with Gasteiger partial charge in [0.2, 0.25) is 0 Å². The van der Waals surface area contributed by atoms with E-state index in [1.807, 2.05) is 0 Å². The molecule has 1 unspecified atom stereocenters. The first-order valence-corrected chi connectivity index (χ1v) is 6.07. The van der Waals surface area contributed by atoms with Crippen LogP contribution in [0, 0.1) is 5.82 Å². The van der Waals surface area contributed by atoms with Crippen LogP contribution in [0.4, 0.5) is 4.39 Å². The second-order valence-corrected chi connectivity index (χ2v) is 4.65. The number of rotatable bonds is 4. The topological polar surface area (TPSA) is 66.6 Å². The van der Waals surface area contributed by atoms with Gasteiger partial charge in [0.15, 0.2) is 0 Å².